The van der Waals surface area contributed by atoms with Gasteiger partial charge in [-0.1, -0.05) is 49.0 Å². The van der Waals surface area contributed by atoms with Gasteiger partial charge in [0.2, 0.25) is 11.9 Å². The van der Waals surface area contributed by atoms with Crippen LogP contribution in [0.2, 0.25) is 0 Å². The highest BCUT2D eigenvalue weighted by atomic mass is 32.2. The number of amides is 1. The number of nitrogens with one attached hydrogen (secondary N) is 1. The average Bonchev–Trinajstić information content (AvgIpc) is 3.23. The highest BCUT2D eigenvalue weighted by Gasteiger charge is 2.22. The van der Waals surface area contributed by atoms with Gasteiger partial charge < -0.3 is 15.0 Å². The quantitative estimate of drug-likeness (QED) is 0.547. The molecule has 0 saturated carbocycles. The number of hydrogen-bond acceptors (Lipinski definition) is 6. The molecule has 0 aliphatic carbocycles. The lowest BCUT2D eigenvalue weighted by atomic mass is 10.1. The average molecular weight is 452 g/mol. The van der Waals surface area contributed by atoms with Crippen LogP contribution in [-0.2, 0) is 16.0 Å². The highest BCUT2D eigenvalue weighted by molar-refractivity contribution is 7.99. The van der Waals surface area contributed by atoms with E-state index in [4.69, 9.17) is 4.74 Å². The number of ether oxygens (including phenoxy) is 1. The zero-order valence-corrected chi connectivity index (χ0v) is 19.6. The first kappa shape index (κ1) is 22.4. The number of carbonyl (C=O) groups is 1. The van der Waals surface area contributed by atoms with E-state index >= 15 is 0 Å². The van der Waals surface area contributed by atoms with E-state index in [0.29, 0.717) is 18.4 Å². The number of aryl methyl sites for hydroxylation is 3. The minimum atomic E-state index is -0.0503. The molecule has 32 heavy (non-hydrogen) atoms. The second-order valence-corrected chi connectivity index (χ2v) is 8.80. The first-order chi connectivity index (χ1) is 15.6. The fraction of sp³-hybridized carbons (Fsp3) is 0.375. The third-order valence-corrected chi connectivity index (χ3v) is 6.44. The van der Waals surface area contributed by atoms with E-state index in [-0.39, 0.29) is 11.7 Å². The molecule has 2 heterocycles. The summed E-state index contributed by atoms with van der Waals surface area (Å²) in [6.07, 6.45) is 0.870. The van der Waals surface area contributed by atoms with Gasteiger partial charge in [-0.25, -0.2) is 0 Å². The largest absolute Gasteiger partial charge is 0.378 e. The minimum absolute atomic E-state index is 0.0503. The molecule has 2 aromatic carbocycles. The van der Waals surface area contributed by atoms with Crippen molar-refractivity contribution < 1.29 is 9.53 Å². The molecule has 1 fully saturated rings. The van der Waals surface area contributed by atoms with Crippen molar-refractivity contribution in [3.63, 3.8) is 0 Å². The highest BCUT2D eigenvalue weighted by Crippen LogP contribution is 2.28. The van der Waals surface area contributed by atoms with Crippen molar-refractivity contribution >= 4 is 29.3 Å². The molecule has 4 rings (SSSR count). The Labute approximate surface area is 193 Å². The van der Waals surface area contributed by atoms with Crippen LogP contribution >= 0.6 is 11.8 Å². The van der Waals surface area contributed by atoms with Gasteiger partial charge in [0.05, 0.1) is 24.7 Å². The molecule has 0 bridgehead atoms. The summed E-state index contributed by atoms with van der Waals surface area (Å²) in [7, 11) is 0. The number of carbonyl (C=O) groups excluding carboxylic acids is 1. The summed E-state index contributed by atoms with van der Waals surface area (Å²) in [5.41, 5.74) is 5.27. The third-order valence-electron chi connectivity index (χ3n) is 5.51. The lowest BCUT2D eigenvalue weighted by Crippen LogP contribution is -2.37. The molecule has 0 spiro atoms. The molecule has 1 aliphatic heterocycles. The summed E-state index contributed by atoms with van der Waals surface area (Å²) in [4.78, 5) is 15.0. The number of benzene rings is 2. The van der Waals surface area contributed by atoms with Crippen LogP contribution in [-0.4, -0.2) is 52.7 Å². The van der Waals surface area contributed by atoms with Crippen molar-refractivity contribution in [1.29, 1.82) is 0 Å². The Hall–Kier alpha value is -2.84. The lowest BCUT2D eigenvalue weighted by Gasteiger charge is -2.28. The van der Waals surface area contributed by atoms with Crippen molar-refractivity contribution in [2.45, 2.75) is 32.3 Å². The van der Waals surface area contributed by atoms with Gasteiger partial charge in [0.15, 0.2) is 5.16 Å². The van der Waals surface area contributed by atoms with Crippen LogP contribution < -0.4 is 10.2 Å². The monoisotopic (exact) mass is 451 g/mol. The first-order valence-electron chi connectivity index (χ1n) is 10.9. The summed E-state index contributed by atoms with van der Waals surface area (Å²) >= 11 is 1.40. The molecule has 0 unspecified atom stereocenters. The van der Waals surface area contributed by atoms with Gasteiger partial charge in [-0.05, 0) is 49.1 Å². The molecule has 8 heteroatoms. The van der Waals surface area contributed by atoms with E-state index in [0.717, 1.165) is 53.5 Å². The second kappa shape index (κ2) is 10.2. The zero-order valence-electron chi connectivity index (χ0n) is 18.8. The fourth-order valence-corrected chi connectivity index (χ4v) is 4.57. The topological polar surface area (TPSA) is 72.3 Å². The Bertz CT molecular complexity index is 1090. The van der Waals surface area contributed by atoms with Crippen molar-refractivity contribution in [2.24, 2.45) is 0 Å². The number of thioether (sulfide) groups is 1. The smallest absolute Gasteiger partial charge is 0.234 e. The molecule has 168 valence electrons. The van der Waals surface area contributed by atoms with E-state index < -0.39 is 0 Å². The van der Waals surface area contributed by atoms with Crippen molar-refractivity contribution in [3.05, 3.63) is 59.2 Å². The first-order valence-corrected chi connectivity index (χ1v) is 11.9. The summed E-state index contributed by atoms with van der Waals surface area (Å²) < 4.78 is 7.54. The normalized spacial score (nSPS) is 13.9. The molecule has 1 N–H and O–H groups in total. The van der Waals surface area contributed by atoms with E-state index in [1.165, 1.54) is 11.8 Å². The van der Waals surface area contributed by atoms with E-state index in [1.54, 1.807) is 0 Å². The predicted molar refractivity (Wildman–Crippen MR) is 129 cm³/mol. The molecule has 1 saturated heterocycles. The van der Waals surface area contributed by atoms with Gasteiger partial charge >= 0.3 is 0 Å². The van der Waals surface area contributed by atoms with Crippen LogP contribution in [0.5, 0.6) is 0 Å². The second-order valence-electron chi connectivity index (χ2n) is 7.86. The van der Waals surface area contributed by atoms with E-state index in [1.807, 2.05) is 35.8 Å². The number of rotatable bonds is 7. The molecule has 0 radical (unpaired) electrons. The summed E-state index contributed by atoms with van der Waals surface area (Å²) in [5.74, 6) is 0.990. The van der Waals surface area contributed by atoms with Gasteiger partial charge in [0.1, 0.15) is 0 Å². The minimum Gasteiger partial charge on any atom is -0.378 e. The maximum atomic E-state index is 12.8. The molecular weight excluding hydrogens is 422 g/mol. The summed E-state index contributed by atoms with van der Waals surface area (Å²) in [5, 5.41) is 12.7. The van der Waals surface area contributed by atoms with Gasteiger partial charge in [-0.15, -0.1) is 10.2 Å². The SMILES string of the molecule is CCc1cccc(C)c1NC(=O)CSc1nnc(N2CCOCC2)n1-c1cccc(C)c1. The molecule has 1 aliphatic rings. The third kappa shape index (κ3) is 4.97. The van der Waals surface area contributed by atoms with Crippen LogP contribution in [0.1, 0.15) is 23.6 Å². The van der Waals surface area contributed by atoms with Crippen molar-refractivity contribution in [2.75, 3.05) is 42.3 Å². The maximum Gasteiger partial charge on any atom is 0.234 e. The fourth-order valence-electron chi connectivity index (χ4n) is 3.82. The van der Waals surface area contributed by atoms with Crippen LogP contribution in [0.4, 0.5) is 11.6 Å². The Kier molecular flexibility index (Phi) is 7.12. The van der Waals surface area contributed by atoms with Crippen LogP contribution in [0.25, 0.3) is 5.69 Å². The maximum absolute atomic E-state index is 12.8. The van der Waals surface area contributed by atoms with Crippen LogP contribution in [0.15, 0.2) is 47.6 Å². The van der Waals surface area contributed by atoms with Crippen molar-refractivity contribution in [3.8, 4) is 5.69 Å². The summed E-state index contributed by atoms with van der Waals surface area (Å²) in [6.45, 7) is 9.05. The molecule has 1 amide bonds. The number of anilines is 2. The molecular formula is C24H29N5O2S. The standard InChI is InChI=1S/C24H29N5O2S/c1-4-19-9-6-8-18(3)22(19)25-21(30)16-32-24-27-26-23(28-11-13-31-14-12-28)29(24)20-10-5-7-17(2)15-20/h5-10,15H,4,11-14,16H2,1-3H3,(H,25,30). The number of nitrogens with zero attached hydrogens (tertiary/aromatic N) is 4. The Morgan fingerprint density at radius 3 is 2.66 bits per heavy atom. The van der Waals surface area contributed by atoms with Crippen LogP contribution in [0, 0.1) is 13.8 Å². The number of para-hydroxylation sites is 1. The molecule has 7 nitrogen and oxygen atoms in total. The van der Waals surface area contributed by atoms with E-state index in [2.05, 4.69) is 52.5 Å². The summed E-state index contributed by atoms with van der Waals surface area (Å²) in [6, 6.07) is 14.3. The Morgan fingerprint density at radius 1 is 1.12 bits per heavy atom. The molecule has 0 atom stereocenters. The lowest BCUT2D eigenvalue weighted by molar-refractivity contribution is -0.113. The number of hydrogen-bond donors (Lipinski definition) is 1. The van der Waals surface area contributed by atoms with Crippen LogP contribution in [0.3, 0.4) is 0 Å². The Balaban J connectivity index is 1.56. The zero-order chi connectivity index (χ0) is 22.5. The van der Waals surface area contributed by atoms with Crippen molar-refractivity contribution in [1.82, 2.24) is 14.8 Å². The Morgan fingerprint density at radius 2 is 1.91 bits per heavy atom. The van der Waals surface area contributed by atoms with Gasteiger partial charge in [0, 0.05) is 18.8 Å². The van der Waals surface area contributed by atoms with Gasteiger partial charge in [0.25, 0.3) is 0 Å². The molecule has 3 aromatic rings. The van der Waals surface area contributed by atoms with Gasteiger partial charge in [-0.3, -0.25) is 9.36 Å². The number of morpholine rings is 1. The molecule has 1 aromatic heterocycles. The van der Waals surface area contributed by atoms with Gasteiger partial charge in [-0.2, -0.15) is 0 Å². The van der Waals surface area contributed by atoms with E-state index in [9.17, 15) is 4.79 Å². The predicted octanol–water partition coefficient (Wildman–Crippen LogP) is 4.01. The number of aromatic nitrogens is 3.